The van der Waals surface area contributed by atoms with E-state index in [4.69, 9.17) is 0 Å². The van der Waals surface area contributed by atoms with Crippen molar-refractivity contribution in [3.63, 3.8) is 0 Å². The molecule has 0 saturated heterocycles. The lowest BCUT2D eigenvalue weighted by molar-refractivity contribution is 1.04. The summed E-state index contributed by atoms with van der Waals surface area (Å²) in [5, 5.41) is 5.76. The predicted molar refractivity (Wildman–Crippen MR) is 39.9 cm³/mol. The van der Waals surface area contributed by atoms with E-state index in [0.29, 0.717) is 5.03 Å². The number of thiol groups is 1. The molecule has 0 aliphatic carbocycles. The first-order valence-corrected chi connectivity index (χ1v) is 3.50. The largest absolute Gasteiger partial charge is 0.136 e. The van der Waals surface area contributed by atoms with Gasteiger partial charge in [0.1, 0.15) is 5.03 Å². The maximum Gasteiger partial charge on any atom is 0.136 e. The summed E-state index contributed by atoms with van der Waals surface area (Å²) in [6.07, 6.45) is 0. The third-order valence-electron chi connectivity index (χ3n) is 0.602. The third kappa shape index (κ3) is 1.04. The Morgan fingerprint density at radius 3 is 2.75 bits per heavy atom. The summed E-state index contributed by atoms with van der Waals surface area (Å²) in [5.41, 5.74) is 0. The van der Waals surface area contributed by atoms with Crippen molar-refractivity contribution in [1.29, 1.82) is 0 Å². The Morgan fingerprint density at radius 2 is 2.50 bits per heavy atom. The molecule has 2 nitrogen and oxygen atoms in total. The van der Waals surface area contributed by atoms with Crippen molar-refractivity contribution in [2.24, 2.45) is 0 Å². The second-order valence-electron chi connectivity index (χ2n) is 1.08. The summed E-state index contributed by atoms with van der Waals surface area (Å²) < 4.78 is 3.61. The van der Waals surface area contributed by atoms with Crippen LogP contribution in [0.15, 0.2) is 5.03 Å². The number of nitrogens with zero attached hydrogens (tertiary/aromatic N) is 2. The van der Waals surface area contributed by atoms with E-state index in [1.165, 1.54) is 16.9 Å². The van der Waals surface area contributed by atoms with Crippen LogP contribution in [0.25, 0.3) is 0 Å². The molecule has 0 bridgehead atoms. The average molecular weight is 162 g/mol. The fourth-order valence-electron chi connectivity index (χ4n) is 0.267. The number of hydrogen-bond donors (Lipinski definition) is 1. The fraction of sp³-hybridized carbons (Fsp3) is 0. The molecule has 0 radical (unpaired) electrons. The first-order chi connectivity index (χ1) is 3.84. The van der Waals surface area contributed by atoms with Crippen LogP contribution in [-0.2, 0) is 0 Å². The Morgan fingerprint density at radius 1 is 1.75 bits per heavy atom. The van der Waals surface area contributed by atoms with E-state index in [-0.39, 0.29) is 0 Å². The third-order valence-corrected chi connectivity index (χ3v) is 2.14. The summed E-state index contributed by atoms with van der Waals surface area (Å²) in [6, 6.07) is 0. The highest BCUT2D eigenvalue weighted by molar-refractivity contribution is 7.81. The van der Waals surface area contributed by atoms with Gasteiger partial charge in [0.15, 0.2) is 0 Å². The predicted octanol–water partition coefficient (Wildman–Crippen LogP) is 1.17. The number of thiocarbonyl (C=S) groups is 1. The van der Waals surface area contributed by atoms with Crippen LogP contribution in [0.1, 0.15) is 4.88 Å². The van der Waals surface area contributed by atoms with Crippen LogP contribution in [-0.4, -0.2) is 15.0 Å². The zero-order valence-corrected chi connectivity index (χ0v) is 6.26. The van der Waals surface area contributed by atoms with Gasteiger partial charge in [0.05, 0.1) is 4.88 Å². The molecule has 1 aromatic heterocycles. The van der Waals surface area contributed by atoms with E-state index in [1.807, 2.05) is 0 Å². The molecule has 0 saturated carbocycles. The monoisotopic (exact) mass is 162 g/mol. The van der Waals surface area contributed by atoms with Crippen molar-refractivity contribution in [2.75, 3.05) is 0 Å². The van der Waals surface area contributed by atoms with E-state index < -0.39 is 0 Å². The van der Waals surface area contributed by atoms with Crippen molar-refractivity contribution in [1.82, 2.24) is 9.59 Å². The van der Waals surface area contributed by atoms with Crippen LogP contribution in [0.2, 0.25) is 0 Å². The molecule has 1 heterocycles. The van der Waals surface area contributed by atoms with E-state index in [0.717, 1.165) is 4.88 Å². The van der Waals surface area contributed by atoms with Gasteiger partial charge in [-0.15, -0.1) is 17.7 Å². The second-order valence-corrected chi connectivity index (χ2v) is 2.52. The molecule has 0 amide bonds. The lowest BCUT2D eigenvalue weighted by Crippen LogP contribution is -1.70. The second kappa shape index (κ2) is 2.52. The topological polar surface area (TPSA) is 25.8 Å². The molecule has 1 rings (SSSR count). The summed E-state index contributed by atoms with van der Waals surface area (Å²) in [7, 11) is 0. The minimum atomic E-state index is 0.616. The van der Waals surface area contributed by atoms with Gasteiger partial charge in [0.2, 0.25) is 0 Å². The van der Waals surface area contributed by atoms with E-state index in [2.05, 4.69) is 34.4 Å². The number of aromatic nitrogens is 2. The molecule has 8 heavy (non-hydrogen) atoms. The minimum absolute atomic E-state index is 0.616. The Bertz CT molecular complexity index is 194. The van der Waals surface area contributed by atoms with Crippen LogP contribution in [0.5, 0.6) is 0 Å². The van der Waals surface area contributed by atoms with Gasteiger partial charge in [-0.1, -0.05) is 16.7 Å². The molecule has 0 spiro atoms. The molecule has 0 aromatic carbocycles. The Hall–Kier alpha value is -0.0000000000000000555. The molecule has 0 unspecified atom stereocenters. The van der Waals surface area contributed by atoms with Crippen molar-refractivity contribution in [3.05, 3.63) is 4.88 Å². The van der Waals surface area contributed by atoms with Gasteiger partial charge in [-0.25, -0.2) is 0 Å². The van der Waals surface area contributed by atoms with Gasteiger partial charge >= 0.3 is 0 Å². The molecule has 0 aliphatic rings. The van der Waals surface area contributed by atoms with Crippen LogP contribution in [0.3, 0.4) is 0 Å². The lowest BCUT2D eigenvalue weighted by Gasteiger charge is -1.75. The van der Waals surface area contributed by atoms with E-state index >= 15 is 0 Å². The molecular formula is C3H2N2S3. The highest BCUT2D eigenvalue weighted by Gasteiger charge is 1.96. The van der Waals surface area contributed by atoms with Gasteiger partial charge in [0.25, 0.3) is 0 Å². The standard InChI is InChI=1S/C3H2N2S3/c6-1-2-3(7)4-5-8-2/h1,7H. The number of hydrogen-bond acceptors (Lipinski definition) is 5. The van der Waals surface area contributed by atoms with E-state index in [1.54, 1.807) is 0 Å². The summed E-state index contributed by atoms with van der Waals surface area (Å²) in [4.78, 5) is 0.850. The summed E-state index contributed by atoms with van der Waals surface area (Å²) in [5.74, 6) is 0. The maximum absolute atomic E-state index is 4.62. The van der Waals surface area contributed by atoms with Crippen molar-refractivity contribution in [2.45, 2.75) is 5.03 Å². The Balaban J connectivity index is 3.09. The van der Waals surface area contributed by atoms with Crippen LogP contribution in [0, 0.1) is 0 Å². The Kier molecular flexibility index (Phi) is 1.93. The van der Waals surface area contributed by atoms with Gasteiger partial charge in [-0.05, 0) is 11.5 Å². The quantitative estimate of drug-likeness (QED) is 0.496. The van der Waals surface area contributed by atoms with E-state index in [9.17, 15) is 0 Å². The summed E-state index contributed by atoms with van der Waals surface area (Å²) in [6.45, 7) is 0. The lowest BCUT2D eigenvalue weighted by atomic mass is 10.6. The SMILES string of the molecule is S=Cc1snnc1S. The average Bonchev–Trinajstić information content (AvgIpc) is 2.14. The molecule has 0 atom stereocenters. The molecule has 0 N–H and O–H groups in total. The van der Waals surface area contributed by atoms with Crippen molar-refractivity contribution >= 4 is 41.7 Å². The molecule has 0 fully saturated rings. The van der Waals surface area contributed by atoms with Gasteiger partial charge in [-0.2, -0.15) is 0 Å². The summed E-state index contributed by atoms with van der Waals surface area (Å²) >= 11 is 9.84. The van der Waals surface area contributed by atoms with Crippen LogP contribution >= 0.6 is 36.4 Å². The van der Waals surface area contributed by atoms with Crippen LogP contribution in [0.4, 0.5) is 0 Å². The zero-order valence-electron chi connectivity index (χ0n) is 3.74. The maximum atomic E-state index is 4.62. The van der Waals surface area contributed by atoms with Crippen LogP contribution < -0.4 is 0 Å². The number of rotatable bonds is 1. The molecule has 1 aromatic rings. The minimum Gasteiger partial charge on any atom is -0.131 e. The first-order valence-electron chi connectivity index (χ1n) is 1.81. The normalized spacial score (nSPS) is 9.12. The zero-order chi connectivity index (χ0) is 5.98. The Labute approximate surface area is 61.5 Å². The van der Waals surface area contributed by atoms with Crippen molar-refractivity contribution < 1.29 is 0 Å². The smallest absolute Gasteiger partial charge is 0.131 e. The fourth-order valence-corrected chi connectivity index (χ4v) is 1.26. The first kappa shape index (κ1) is 6.12. The molecular weight excluding hydrogens is 160 g/mol. The van der Waals surface area contributed by atoms with Gasteiger partial charge < -0.3 is 0 Å². The highest BCUT2D eigenvalue weighted by atomic mass is 32.1. The molecule has 42 valence electrons. The molecule has 5 heteroatoms. The van der Waals surface area contributed by atoms with Crippen molar-refractivity contribution in [3.8, 4) is 0 Å². The van der Waals surface area contributed by atoms with Gasteiger partial charge in [-0.3, -0.25) is 0 Å². The molecule has 0 aliphatic heterocycles. The highest BCUT2D eigenvalue weighted by Crippen LogP contribution is 2.10. The van der Waals surface area contributed by atoms with Gasteiger partial charge in [0, 0.05) is 5.37 Å².